The van der Waals surface area contributed by atoms with Crippen molar-refractivity contribution in [2.45, 2.75) is 38.8 Å². The van der Waals surface area contributed by atoms with Gasteiger partial charge in [0.1, 0.15) is 11.6 Å². The number of rotatable bonds is 5. The van der Waals surface area contributed by atoms with Crippen molar-refractivity contribution in [1.29, 1.82) is 0 Å². The molecular formula is C16H21N5O4. The number of hydrogen-bond donors (Lipinski definition) is 2. The maximum Gasteiger partial charge on any atom is 0.408 e. The summed E-state index contributed by atoms with van der Waals surface area (Å²) in [5, 5.41) is 16.2. The number of H-pyrrole nitrogens is 1. The Morgan fingerprint density at radius 3 is 2.44 bits per heavy atom. The second-order valence-corrected chi connectivity index (χ2v) is 6.36. The number of nitrogens with one attached hydrogen (secondary N) is 2. The van der Waals surface area contributed by atoms with Crippen LogP contribution in [-0.2, 0) is 20.7 Å². The third-order valence-electron chi connectivity index (χ3n) is 3.17. The molecule has 0 spiro atoms. The third kappa shape index (κ3) is 5.55. The molecular weight excluding hydrogens is 326 g/mol. The van der Waals surface area contributed by atoms with Crippen molar-refractivity contribution in [3.8, 4) is 11.4 Å². The standard InChI is InChI=1S/C16H21N5O4/c1-16(2,3)25-15(23)17-12(14(22)24-4)9-10-5-7-11(8-6-10)13-18-20-21-19-13/h5-8,12H,9H2,1-4H3,(H,17,23)(H,18,19,20,21)/t12-/m0/s1. The molecule has 1 atom stereocenters. The number of hydrogen-bond acceptors (Lipinski definition) is 7. The van der Waals surface area contributed by atoms with Crippen LogP contribution in [0, 0.1) is 0 Å². The molecule has 0 saturated heterocycles. The summed E-state index contributed by atoms with van der Waals surface area (Å²) in [4.78, 5) is 23.9. The first kappa shape index (κ1) is 18.4. The van der Waals surface area contributed by atoms with Crippen LogP contribution in [0.2, 0.25) is 0 Å². The number of benzene rings is 1. The van der Waals surface area contributed by atoms with Crippen LogP contribution in [0.1, 0.15) is 26.3 Å². The van der Waals surface area contributed by atoms with Gasteiger partial charge in [-0.3, -0.25) is 0 Å². The summed E-state index contributed by atoms with van der Waals surface area (Å²) in [6.45, 7) is 5.24. The summed E-state index contributed by atoms with van der Waals surface area (Å²) in [5.41, 5.74) is 0.961. The second-order valence-electron chi connectivity index (χ2n) is 6.36. The van der Waals surface area contributed by atoms with Gasteiger partial charge in [0, 0.05) is 12.0 Å². The zero-order chi connectivity index (χ0) is 18.4. The highest BCUT2D eigenvalue weighted by Gasteiger charge is 2.25. The zero-order valence-electron chi connectivity index (χ0n) is 14.6. The van der Waals surface area contributed by atoms with Gasteiger partial charge in [0.25, 0.3) is 0 Å². The molecule has 1 amide bonds. The highest BCUT2D eigenvalue weighted by molar-refractivity contribution is 5.81. The van der Waals surface area contributed by atoms with Crippen molar-refractivity contribution >= 4 is 12.1 Å². The summed E-state index contributed by atoms with van der Waals surface area (Å²) >= 11 is 0. The van der Waals surface area contributed by atoms with E-state index < -0.39 is 23.7 Å². The van der Waals surface area contributed by atoms with E-state index in [0.717, 1.165) is 11.1 Å². The van der Waals surface area contributed by atoms with Gasteiger partial charge in [0.2, 0.25) is 5.82 Å². The summed E-state index contributed by atoms with van der Waals surface area (Å²) in [7, 11) is 1.27. The summed E-state index contributed by atoms with van der Waals surface area (Å²) in [6, 6.07) is 6.40. The molecule has 0 aliphatic heterocycles. The van der Waals surface area contributed by atoms with Gasteiger partial charge in [-0.2, -0.15) is 5.21 Å². The Kier molecular flexibility index (Phi) is 5.68. The second kappa shape index (κ2) is 7.73. The van der Waals surface area contributed by atoms with Gasteiger partial charge in [0.15, 0.2) is 0 Å². The molecule has 2 aromatic rings. The Labute approximate surface area is 145 Å². The largest absolute Gasteiger partial charge is 0.467 e. The molecule has 0 saturated carbocycles. The van der Waals surface area contributed by atoms with Crippen LogP contribution in [0.25, 0.3) is 11.4 Å². The molecule has 1 aromatic carbocycles. The number of carbonyl (C=O) groups is 2. The topological polar surface area (TPSA) is 119 Å². The third-order valence-corrected chi connectivity index (χ3v) is 3.17. The van der Waals surface area contributed by atoms with E-state index in [1.54, 1.807) is 20.8 Å². The fraction of sp³-hybridized carbons (Fsp3) is 0.438. The van der Waals surface area contributed by atoms with Crippen molar-refractivity contribution in [2.75, 3.05) is 7.11 Å². The number of ether oxygens (including phenoxy) is 2. The highest BCUT2D eigenvalue weighted by atomic mass is 16.6. The van der Waals surface area contributed by atoms with Gasteiger partial charge in [-0.25, -0.2) is 9.59 Å². The summed E-state index contributed by atoms with van der Waals surface area (Å²) in [6.07, 6.45) is -0.412. The lowest BCUT2D eigenvalue weighted by Gasteiger charge is -2.22. The molecule has 0 radical (unpaired) electrons. The Hall–Kier alpha value is -2.97. The smallest absolute Gasteiger partial charge is 0.408 e. The molecule has 0 bridgehead atoms. The normalized spacial score (nSPS) is 12.3. The van der Waals surface area contributed by atoms with Crippen LogP contribution in [0.5, 0.6) is 0 Å². The number of aromatic nitrogens is 4. The Bertz CT molecular complexity index is 707. The molecule has 1 aromatic heterocycles. The Balaban J connectivity index is 2.06. The maximum absolute atomic E-state index is 11.9. The van der Waals surface area contributed by atoms with E-state index in [0.29, 0.717) is 5.82 Å². The van der Waals surface area contributed by atoms with E-state index in [-0.39, 0.29) is 6.42 Å². The molecule has 134 valence electrons. The maximum atomic E-state index is 11.9. The molecule has 0 aliphatic carbocycles. The van der Waals surface area contributed by atoms with E-state index in [9.17, 15) is 9.59 Å². The SMILES string of the molecule is COC(=O)[C@H](Cc1ccc(-c2nn[nH]n2)cc1)NC(=O)OC(C)(C)C. The van der Waals surface area contributed by atoms with Crippen LogP contribution >= 0.6 is 0 Å². The van der Waals surface area contributed by atoms with E-state index in [1.165, 1.54) is 7.11 Å². The number of esters is 1. The molecule has 0 aliphatic rings. The Morgan fingerprint density at radius 1 is 1.24 bits per heavy atom. The summed E-state index contributed by atoms with van der Waals surface area (Å²) < 4.78 is 9.94. The Morgan fingerprint density at radius 2 is 1.92 bits per heavy atom. The number of amides is 1. The van der Waals surface area contributed by atoms with Crippen molar-refractivity contribution in [2.24, 2.45) is 0 Å². The van der Waals surface area contributed by atoms with Crippen LogP contribution in [0.15, 0.2) is 24.3 Å². The lowest BCUT2D eigenvalue weighted by molar-refractivity contribution is -0.143. The minimum absolute atomic E-state index is 0.262. The molecule has 9 heteroatoms. The van der Waals surface area contributed by atoms with Crippen LogP contribution in [0.3, 0.4) is 0 Å². The number of carbonyl (C=O) groups excluding carboxylic acids is 2. The molecule has 25 heavy (non-hydrogen) atoms. The predicted octanol–water partition coefficient (Wildman–Crippen LogP) is 1.48. The highest BCUT2D eigenvalue weighted by Crippen LogP contribution is 2.15. The van der Waals surface area contributed by atoms with Crippen LogP contribution in [-0.4, -0.2) is 51.4 Å². The fourth-order valence-electron chi connectivity index (χ4n) is 2.10. The van der Waals surface area contributed by atoms with Crippen molar-refractivity contribution in [3.63, 3.8) is 0 Å². The van der Waals surface area contributed by atoms with Gasteiger partial charge in [-0.1, -0.05) is 24.3 Å². The van der Waals surface area contributed by atoms with Crippen molar-refractivity contribution in [3.05, 3.63) is 29.8 Å². The predicted molar refractivity (Wildman–Crippen MR) is 88.5 cm³/mol. The zero-order valence-corrected chi connectivity index (χ0v) is 14.6. The van der Waals surface area contributed by atoms with E-state index in [2.05, 4.69) is 25.9 Å². The lowest BCUT2D eigenvalue weighted by Crippen LogP contribution is -2.45. The first-order valence-corrected chi connectivity index (χ1v) is 7.68. The molecule has 0 fully saturated rings. The van der Waals surface area contributed by atoms with Crippen LogP contribution in [0.4, 0.5) is 4.79 Å². The first-order chi connectivity index (χ1) is 11.8. The first-order valence-electron chi connectivity index (χ1n) is 7.68. The van der Waals surface area contributed by atoms with Gasteiger partial charge in [-0.15, -0.1) is 10.2 Å². The fourth-order valence-corrected chi connectivity index (χ4v) is 2.10. The van der Waals surface area contributed by atoms with E-state index in [4.69, 9.17) is 9.47 Å². The van der Waals surface area contributed by atoms with Gasteiger partial charge in [-0.05, 0) is 31.5 Å². The van der Waals surface area contributed by atoms with Crippen LogP contribution < -0.4 is 5.32 Å². The number of tetrazole rings is 1. The van der Waals surface area contributed by atoms with Gasteiger partial charge >= 0.3 is 12.1 Å². The number of nitrogens with zero attached hydrogens (tertiary/aromatic N) is 3. The van der Waals surface area contributed by atoms with Crippen molar-refractivity contribution < 1.29 is 19.1 Å². The molecule has 9 nitrogen and oxygen atoms in total. The molecule has 0 unspecified atom stereocenters. The minimum Gasteiger partial charge on any atom is -0.467 e. The summed E-state index contributed by atoms with van der Waals surface area (Å²) in [5.74, 6) is -0.0731. The minimum atomic E-state index is -0.851. The molecule has 2 N–H and O–H groups in total. The average molecular weight is 347 g/mol. The van der Waals surface area contributed by atoms with Crippen molar-refractivity contribution in [1.82, 2.24) is 25.9 Å². The molecule has 1 heterocycles. The lowest BCUT2D eigenvalue weighted by atomic mass is 10.0. The van der Waals surface area contributed by atoms with E-state index in [1.807, 2.05) is 24.3 Å². The molecule has 2 rings (SSSR count). The number of methoxy groups -OCH3 is 1. The number of aromatic amines is 1. The van der Waals surface area contributed by atoms with Gasteiger partial charge in [0.05, 0.1) is 7.11 Å². The quantitative estimate of drug-likeness (QED) is 0.786. The monoisotopic (exact) mass is 347 g/mol. The van der Waals surface area contributed by atoms with E-state index >= 15 is 0 Å². The average Bonchev–Trinajstić information content (AvgIpc) is 3.07. The van der Waals surface area contributed by atoms with Gasteiger partial charge < -0.3 is 14.8 Å². The number of alkyl carbamates (subject to hydrolysis) is 1.